The number of anilines is 1. The smallest absolute Gasteiger partial charge is 0.322 e. The molecule has 0 spiro atoms. The number of hydrogen-bond donors (Lipinski definition) is 1. The van der Waals surface area contributed by atoms with Gasteiger partial charge in [-0.1, -0.05) is 13.8 Å². The highest BCUT2D eigenvalue weighted by Crippen LogP contribution is 2.24. The third kappa shape index (κ3) is 3.36. The summed E-state index contributed by atoms with van der Waals surface area (Å²) in [5.74, 6) is 1.53. The van der Waals surface area contributed by atoms with Crippen LogP contribution in [-0.2, 0) is 0 Å². The first-order valence-corrected chi connectivity index (χ1v) is 6.65. The number of carbonyl (C=O) groups is 1. The highest BCUT2D eigenvalue weighted by Gasteiger charge is 2.25. The van der Waals surface area contributed by atoms with Gasteiger partial charge in [0.25, 0.3) is 0 Å². The van der Waals surface area contributed by atoms with Crippen LogP contribution in [0, 0.1) is 11.8 Å². The number of pyridine rings is 1. The van der Waals surface area contributed by atoms with E-state index in [1.54, 1.807) is 25.4 Å². The fourth-order valence-corrected chi connectivity index (χ4v) is 2.67. The molecule has 1 aromatic rings. The fourth-order valence-electron chi connectivity index (χ4n) is 2.67. The highest BCUT2D eigenvalue weighted by molar-refractivity contribution is 5.90. The summed E-state index contributed by atoms with van der Waals surface area (Å²) >= 11 is 0. The molecule has 1 saturated heterocycles. The second-order valence-electron chi connectivity index (χ2n) is 5.34. The van der Waals surface area contributed by atoms with Crippen LogP contribution in [0.15, 0.2) is 18.3 Å². The van der Waals surface area contributed by atoms with Crippen LogP contribution in [-0.4, -0.2) is 36.1 Å². The zero-order valence-corrected chi connectivity index (χ0v) is 11.7. The van der Waals surface area contributed by atoms with Gasteiger partial charge in [0, 0.05) is 19.3 Å². The van der Waals surface area contributed by atoms with E-state index < -0.39 is 0 Å². The van der Waals surface area contributed by atoms with Crippen LogP contribution < -0.4 is 10.1 Å². The van der Waals surface area contributed by atoms with Crippen molar-refractivity contribution in [3.05, 3.63) is 18.3 Å². The van der Waals surface area contributed by atoms with Gasteiger partial charge < -0.3 is 15.0 Å². The van der Waals surface area contributed by atoms with Crippen molar-refractivity contribution in [2.24, 2.45) is 11.8 Å². The lowest BCUT2D eigenvalue weighted by molar-refractivity contribution is 0.156. The molecule has 0 saturated carbocycles. The van der Waals surface area contributed by atoms with Crippen molar-refractivity contribution in [3.8, 4) is 5.88 Å². The molecule has 104 valence electrons. The molecule has 2 heterocycles. The second kappa shape index (κ2) is 5.91. The van der Waals surface area contributed by atoms with Crippen LogP contribution in [0.3, 0.4) is 0 Å². The lowest BCUT2D eigenvalue weighted by Crippen LogP contribution is -2.44. The molecule has 5 nitrogen and oxygen atoms in total. The predicted octanol–water partition coefficient (Wildman–Crippen LogP) is 2.60. The number of nitrogens with zero attached hydrogens (tertiary/aromatic N) is 2. The molecule has 1 fully saturated rings. The molecule has 2 amide bonds. The maximum atomic E-state index is 12.3. The first kappa shape index (κ1) is 13.6. The van der Waals surface area contributed by atoms with Crippen molar-refractivity contribution in [3.63, 3.8) is 0 Å². The molecule has 1 aliphatic rings. The van der Waals surface area contributed by atoms with Gasteiger partial charge in [0.15, 0.2) is 0 Å². The first-order chi connectivity index (χ1) is 9.10. The quantitative estimate of drug-likeness (QED) is 0.892. The summed E-state index contributed by atoms with van der Waals surface area (Å²) in [5, 5.41) is 2.87. The van der Waals surface area contributed by atoms with E-state index >= 15 is 0 Å². The molecule has 5 heteroatoms. The Balaban J connectivity index is 2.04. The Kier molecular flexibility index (Phi) is 4.24. The number of nitrogens with one attached hydrogen (secondary N) is 1. The number of carbonyl (C=O) groups excluding carboxylic acids is 1. The van der Waals surface area contributed by atoms with Crippen molar-refractivity contribution in [1.29, 1.82) is 0 Å². The van der Waals surface area contributed by atoms with E-state index in [4.69, 9.17) is 4.74 Å². The number of aromatic nitrogens is 1. The van der Waals surface area contributed by atoms with Crippen molar-refractivity contribution in [2.75, 3.05) is 25.5 Å². The average Bonchev–Trinajstić information content (AvgIpc) is 2.38. The summed E-state index contributed by atoms with van der Waals surface area (Å²) in [5.41, 5.74) is 0.612. The number of urea groups is 1. The molecule has 0 bridgehead atoms. The van der Waals surface area contributed by atoms with E-state index in [1.807, 2.05) is 4.90 Å². The molecule has 0 aliphatic carbocycles. The minimum absolute atomic E-state index is 0.0790. The molecule has 1 aliphatic heterocycles. The third-order valence-corrected chi connectivity index (χ3v) is 3.36. The summed E-state index contributed by atoms with van der Waals surface area (Å²) in [4.78, 5) is 18.2. The summed E-state index contributed by atoms with van der Waals surface area (Å²) in [6.07, 6.45) is 2.82. The third-order valence-electron chi connectivity index (χ3n) is 3.36. The van der Waals surface area contributed by atoms with E-state index in [0.717, 1.165) is 13.1 Å². The van der Waals surface area contributed by atoms with E-state index in [9.17, 15) is 4.79 Å². The molecule has 2 rings (SSSR count). The average molecular weight is 263 g/mol. The van der Waals surface area contributed by atoms with Gasteiger partial charge in [0.05, 0.1) is 7.11 Å². The summed E-state index contributed by atoms with van der Waals surface area (Å²) in [6.45, 7) is 5.97. The van der Waals surface area contributed by atoms with Crippen LogP contribution in [0.1, 0.15) is 20.3 Å². The van der Waals surface area contributed by atoms with Gasteiger partial charge in [-0.05, 0) is 30.4 Å². The normalized spacial score (nSPS) is 23.0. The Bertz CT molecular complexity index is 440. The van der Waals surface area contributed by atoms with Crippen molar-refractivity contribution >= 4 is 11.7 Å². The Morgan fingerprint density at radius 3 is 2.74 bits per heavy atom. The van der Waals surface area contributed by atoms with E-state index in [-0.39, 0.29) is 6.03 Å². The number of amides is 2. The molecular weight excluding hydrogens is 242 g/mol. The van der Waals surface area contributed by atoms with Gasteiger partial charge in [-0.3, -0.25) is 0 Å². The van der Waals surface area contributed by atoms with Gasteiger partial charge >= 0.3 is 6.03 Å². The number of likely N-dealkylation sites (tertiary alicyclic amines) is 1. The molecule has 1 N–H and O–H groups in total. The zero-order valence-electron chi connectivity index (χ0n) is 11.7. The molecule has 0 unspecified atom stereocenters. The van der Waals surface area contributed by atoms with E-state index in [1.165, 1.54) is 6.42 Å². The topological polar surface area (TPSA) is 54.5 Å². The number of piperidine rings is 1. The Hall–Kier alpha value is -1.78. The highest BCUT2D eigenvalue weighted by atomic mass is 16.5. The van der Waals surface area contributed by atoms with Crippen molar-refractivity contribution in [2.45, 2.75) is 20.3 Å². The molecule has 19 heavy (non-hydrogen) atoms. The number of methoxy groups -OCH3 is 1. The molecule has 1 aromatic heterocycles. The van der Waals surface area contributed by atoms with Crippen LogP contribution in [0.25, 0.3) is 0 Å². The molecule has 0 aromatic carbocycles. The van der Waals surface area contributed by atoms with Gasteiger partial charge in [-0.2, -0.15) is 0 Å². The van der Waals surface area contributed by atoms with Gasteiger partial charge in [0.1, 0.15) is 5.69 Å². The number of ether oxygens (including phenoxy) is 1. The predicted molar refractivity (Wildman–Crippen MR) is 74.3 cm³/mol. The maximum Gasteiger partial charge on any atom is 0.322 e. The summed E-state index contributed by atoms with van der Waals surface area (Å²) in [6, 6.07) is 3.49. The maximum absolute atomic E-state index is 12.3. The van der Waals surface area contributed by atoms with Gasteiger partial charge in [-0.25, -0.2) is 9.78 Å². The van der Waals surface area contributed by atoms with E-state index in [0.29, 0.717) is 23.4 Å². The largest absolute Gasteiger partial charge is 0.480 e. The molecule has 2 atom stereocenters. The Labute approximate surface area is 114 Å². The molecule has 0 radical (unpaired) electrons. The monoisotopic (exact) mass is 263 g/mol. The van der Waals surface area contributed by atoms with Crippen molar-refractivity contribution in [1.82, 2.24) is 9.88 Å². The molecular formula is C14H21N3O2. The van der Waals surface area contributed by atoms with Crippen molar-refractivity contribution < 1.29 is 9.53 Å². The van der Waals surface area contributed by atoms with Crippen LogP contribution in [0.2, 0.25) is 0 Å². The fraction of sp³-hybridized carbons (Fsp3) is 0.571. The number of hydrogen-bond acceptors (Lipinski definition) is 3. The van der Waals surface area contributed by atoms with Gasteiger partial charge in [-0.15, -0.1) is 0 Å². The zero-order chi connectivity index (χ0) is 13.8. The van der Waals surface area contributed by atoms with Crippen LogP contribution >= 0.6 is 0 Å². The summed E-state index contributed by atoms with van der Waals surface area (Å²) < 4.78 is 5.13. The Morgan fingerprint density at radius 1 is 1.42 bits per heavy atom. The second-order valence-corrected chi connectivity index (χ2v) is 5.34. The minimum Gasteiger partial charge on any atom is -0.480 e. The van der Waals surface area contributed by atoms with Gasteiger partial charge in [0.2, 0.25) is 5.88 Å². The van der Waals surface area contributed by atoms with Crippen LogP contribution in [0.4, 0.5) is 10.5 Å². The minimum atomic E-state index is -0.0790. The first-order valence-electron chi connectivity index (χ1n) is 6.65. The lowest BCUT2D eigenvalue weighted by Gasteiger charge is -2.34. The Morgan fingerprint density at radius 2 is 2.11 bits per heavy atom. The van der Waals surface area contributed by atoms with E-state index in [2.05, 4.69) is 24.1 Å². The lowest BCUT2D eigenvalue weighted by atomic mass is 9.92. The summed E-state index contributed by atoms with van der Waals surface area (Å²) in [7, 11) is 1.54. The van der Waals surface area contributed by atoms with Crippen LogP contribution in [0.5, 0.6) is 5.88 Å². The number of rotatable bonds is 2. The standard InChI is InChI=1S/C14H21N3O2/c1-10-7-11(2)9-17(8-10)14(18)16-12-5-4-6-15-13(12)19-3/h4-6,10-11H,7-9H2,1-3H3,(H,16,18)/t10-,11+. The SMILES string of the molecule is COc1ncccc1NC(=O)N1C[C@H](C)C[C@H](C)C1.